The van der Waals surface area contributed by atoms with Crippen molar-refractivity contribution < 1.29 is 9.90 Å². The molecule has 6 heteroatoms. The number of carboxylic acids is 1. The topological polar surface area (TPSA) is 68.0 Å². The summed E-state index contributed by atoms with van der Waals surface area (Å²) in [6, 6.07) is 14.8. The fourth-order valence-electron chi connectivity index (χ4n) is 3.03. The van der Waals surface area contributed by atoms with Gasteiger partial charge in [0, 0.05) is 29.3 Å². The second kappa shape index (κ2) is 7.21. The number of fused-ring (bicyclic) bond motifs is 1. The van der Waals surface area contributed by atoms with E-state index in [-0.39, 0.29) is 5.56 Å². The molecule has 5 nitrogen and oxygen atoms in total. The van der Waals surface area contributed by atoms with Gasteiger partial charge in [-0.3, -0.25) is 9.97 Å². The highest BCUT2D eigenvalue weighted by molar-refractivity contribution is 6.30. The Morgan fingerprint density at radius 1 is 1.04 bits per heavy atom. The molecule has 0 saturated heterocycles. The predicted octanol–water partition coefficient (Wildman–Crippen LogP) is 4.69. The van der Waals surface area contributed by atoms with E-state index in [2.05, 4.69) is 14.5 Å². The van der Waals surface area contributed by atoms with Crippen LogP contribution in [0.25, 0.3) is 22.3 Å². The zero-order chi connectivity index (χ0) is 18.8. The molecule has 4 rings (SSSR count). The van der Waals surface area contributed by atoms with Crippen molar-refractivity contribution in [3.63, 3.8) is 0 Å². The molecular weight excluding hydrogens is 362 g/mol. The van der Waals surface area contributed by atoms with Crippen LogP contribution in [0, 0.1) is 0 Å². The average molecular weight is 378 g/mol. The third-order valence-corrected chi connectivity index (χ3v) is 4.73. The lowest BCUT2D eigenvalue weighted by Gasteiger charge is -2.07. The van der Waals surface area contributed by atoms with Crippen LogP contribution in [0.1, 0.15) is 15.9 Å². The molecule has 0 unspecified atom stereocenters. The number of pyridine rings is 2. The van der Waals surface area contributed by atoms with E-state index in [1.165, 1.54) is 23.9 Å². The van der Waals surface area contributed by atoms with Crippen molar-refractivity contribution in [1.29, 1.82) is 0 Å². The Labute approximate surface area is 160 Å². The van der Waals surface area contributed by atoms with E-state index in [1.54, 1.807) is 0 Å². The minimum Gasteiger partial charge on any atom is -0.478 e. The summed E-state index contributed by atoms with van der Waals surface area (Å²) in [6.07, 6.45) is 6.22. The smallest absolute Gasteiger partial charge is 0.335 e. The summed E-state index contributed by atoms with van der Waals surface area (Å²) >= 11 is 5.93. The molecule has 0 aliphatic carbocycles. The maximum absolute atomic E-state index is 11.1. The molecule has 3 heterocycles. The molecule has 0 aliphatic heterocycles. The molecule has 0 saturated carbocycles. The fourth-order valence-corrected chi connectivity index (χ4v) is 3.15. The molecule has 0 fully saturated rings. The van der Waals surface area contributed by atoms with E-state index in [4.69, 9.17) is 16.7 Å². The third kappa shape index (κ3) is 3.68. The Bertz CT molecular complexity index is 1120. The van der Waals surface area contributed by atoms with Gasteiger partial charge in [0.25, 0.3) is 0 Å². The molecule has 1 N–H and O–H groups in total. The SMILES string of the molecule is O=C(O)c1ccnc(-c2cc3ccn(CCc4ccc(Cl)cc4)c3cn2)c1. The fraction of sp³-hybridized carbons (Fsp3) is 0.0952. The first-order chi connectivity index (χ1) is 13.1. The van der Waals surface area contributed by atoms with E-state index >= 15 is 0 Å². The largest absolute Gasteiger partial charge is 0.478 e. The van der Waals surface area contributed by atoms with Crippen LogP contribution in [-0.4, -0.2) is 25.6 Å². The summed E-state index contributed by atoms with van der Waals surface area (Å²) in [6.45, 7) is 0.832. The number of aryl methyl sites for hydroxylation is 2. The van der Waals surface area contributed by atoms with E-state index < -0.39 is 5.97 Å². The molecule has 0 spiro atoms. The number of halogens is 1. The van der Waals surface area contributed by atoms with Crippen molar-refractivity contribution in [1.82, 2.24) is 14.5 Å². The second-order valence-electron chi connectivity index (χ2n) is 6.25. The summed E-state index contributed by atoms with van der Waals surface area (Å²) in [5.41, 5.74) is 3.65. The zero-order valence-corrected chi connectivity index (χ0v) is 15.1. The van der Waals surface area contributed by atoms with E-state index in [1.807, 2.05) is 48.8 Å². The number of hydrogen-bond donors (Lipinski definition) is 1. The van der Waals surface area contributed by atoms with Crippen LogP contribution in [0.5, 0.6) is 0 Å². The Morgan fingerprint density at radius 2 is 1.81 bits per heavy atom. The minimum absolute atomic E-state index is 0.197. The standard InChI is InChI=1S/C21H16ClN3O2/c22-17-3-1-14(2-4-17)6-9-25-10-7-15-11-19(24-13-20(15)25)18-12-16(21(26)27)5-8-23-18/h1-5,7-8,10-13H,6,9H2,(H,26,27). The lowest BCUT2D eigenvalue weighted by atomic mass is 10.1. The van der Waals surface area contributed by atoms with E-state index in [9.17, 15) is 4.79 Å². The molecule has 3 aromatic heterocycles. The number of aromatic nitrogens is 3. The summed E-state index contributed by atoms with van der Waals surface area (Å²) in [5, 5.41) is 10.9. The first-order valence-electron chi connectivity index (χ1n) is 8.49. The monoisotopic (exact) mass is 377 g/mol. The Hall–Kier alpha value is -3.18. The molecule has 0 radical (unpaired) electrons. The number of rotatable bonds is 5. The molecular formula is C21H16ClN3O2. The zero-order valence-electron chi connectivity index (χ0n) is 14.3. The number of benzene rings is 1. The highest BCUT2D eigenvalue weighted by Gasteiger charge is 2.09. The normalized spacial score (nSPS) is 11.0. The highest BCUT2D eigenvalue weighted by Crippen LogP contribution is 2.22. The summed E-state index contributed by atoms with van der Waals surface area (Å²) in [5.74, 6) is -0.979. The first kappa shape index (κ1) is 17.2. The van der Waals surface area contributed by atoms with Gasteiger partial charge < -0.3 is 9.67 Å². The van der Waals surface area contributed by atoms with Crippen LogP contribution < -0.4 is 0 Å². The van der Waals surface area contributed by atoms with Crippen LogP contribution in [0.15, 0.2) is 67.1 Å². The molecule has 0 amide bonds. The van der Waals surface area contributed by atoms with Gasteiger partial charge in [-0.25, -0.2) is 4.79 Å². The van der Waals surface area contributed by atoms with Gasteiger partial charge in [0.2, 0.25) is 0 Å². The molecule has 134 valence electrons. The molecule has 4 aromatic rings. The van der Waals surface area contributed by atoms with E-state index in [0.29, 0.717) is 11.4 Å². The van der Waals surface area contributed by atoms with Gasteiger partial charge in [-0.2, -0.15) is 0 Å². The summed E-state index contributed by atoms with van der Waals surface area (Å²) in [7, 11) is 0. The third-order valence-electron chi connectivity index (χ3n) is 4.48. The van der Waals surface area contributed by atoms with Gasteiger partial charge in [0.15, 0.2) is 0 Å². The van der Waals surface area contributed by atoms with Crippen molar-refractivity contribution in [3.8, 4) is 11.4 Å². The lowest BCUT2D eigenvalue weighted by Crippen LogP contribution is -2.00. The maximum Gasteiger partial charge on any atom is 0.335 e. The van der Waals surface area contributed by atoms with Crippen molar-refractivity contribution in [3.05, 3.63) is 83.3 Å². The van der Waals surface area contributed by atoms with Crippen LogP contribution in [-0.2, 0) is 13.0 Å². The van der Waals surface area contributed by atoms with Crippen molar-refractivity contribution in [2.24, 2.45) is 0 Å². The van der Waals surface area contributed by atoms with Gasteiger partial charge in [-0.15, -0.1) is 0 Å². The van der Waals surface area contributed by atoms with Crippen molar-refractivity contribution in [2.45, 2.75) is 13.0 Å². The maximum atomic E-state index is 11.1. The highest BCUT2D eigenvalue weighted by atomic mass is 35.5. The molecule has 0 bridgehead atoms. The number of nitrogens with zero attached hydrogens (tertiary/aromatic N) is 3. The summed E-state index contributed by atoms with van der Waals surface area (Å²) < 4.78 is 2.15. The minimum atomic E-state index is -0.979. The predicted molar refractivity (Wildman–Crippen MR) is 105 cm³/mol. The van der Waals surface area contributed by atoms with Gasteiger partial charge in [-0.1, -0.05) is 23.7 Å². The van der Waals surface area contributed by atoms with Crippen LogP contribution in [0.3, 0.4) is 0 Å². The lowest BCUT2D eigenvalue weighted by molar-refractivity contribution is 0.0697. The van der Waals surface area contributed by atoms with Gasteiger partial charge in [0.1, 0.15) is 0 Å². The number of carbonyl (C=O) groups is 1. The number of carboxylic acid groups (broad SMARTS) is 1. The molecule has 27 heavy (non-hydrogen) atoms. The van der Waals surface area contributed by atoms with Crippen LogP contribution in [0.2, 0.25) is 5.02 Å². The van der Waals surface area contributed by atoms with Crippen molar-refractivity contribution >= 4 is 28.5 Å². The van der Waals surface area contributed by atoms with Gasteiger partial charge in [0.05, 0.1) is 28.7 Å². The van der Waals surface area contributed by atoms with Gasteiger partial charge >= 0.3 is 5.97 Å². The quantitative estimate of drug-likeness (QED) is 0.547. The average Bonchev–Trinajstić information content (AvgIpc) is 3.10. The summed E-state index contributed by atoms with van der Waals surface area (Å²) in [4.78, 5) is 19.9. The number of hydrogen-bond acceptors (Lipinski definition) is 3. The Kier molecular flexibility index (Phi) is 4.60. The van der Waals surface area contributed by atoms with Crippen LogP contribution in [0.4, 0.5) is 0 Å². The molecule has 0 atom stereocenters. The Balaban J connectivity index is 1.59. The number of aromatic carboxylic acids is 1. The molecule has 0 aliphatic rings. The van der Waals surface area contributed by atoms with Gasteiger partial charge in [-0.05, 0) is 48.4 Å². The second-order valence-corrected chi connectivity index (χ2v) is 6.69. The van der Waals surface area contributed by atoms with Crippen molar-refractivity contribution in [2.75, 3.05) is 0 Å². The van der Waals surface area contributed by atoms with E-state index in [0.717, 1.165) is 28.9 Å². The molecule has 1 aromatic carbocycles. The first-order valence-corrected chi connectivity index (χ1v) is 8.87. The van der Waals surface area contributed by atoms with Crippen LogP contribution >= 0.6 is 11.6 Å². The Morgan fingerprint density at radius 3 is 2.59 bits per heavy atom.